The molecule has 24 heavy (non-hydrogen) atoms. The SMILES string of the molecule is CC(=O)N1CCN(C(=O)Cn2nc(-c3cccs3)ccc2=O)CC1. The summed E-state index contributed by atoms with van der Waals surface area (Å²) >= 11 is 1.53. The van der Waals surface area contributed by atoms with Gasteiger partial charge < -0.3 is 9.80 Å². The first-order chi connectivity index (χ1) is 11.5. The van der Waals surface area contributed by atoms with Gasteiger partial charge in [0.25, 0.3) is 5.56 Å². The molecule has 7 nitrogen and oxygen atoms in total. The molecule has 0 N–H and O–H groups in total. The first-order valence-electron chi connectivity index (χ1n) is 7.70. The number of thiophene rings is 1. The number of amides is 2. The van der Waals surface area contributed by atoms with Crippen molar-refractivity contribution in [2.75, 3.05) is 26.2 Å². The Morgan fingerprint density at radius 2 is 1.83 bits per heavy atom. The topological polar surface area (TPSA) is 75.5 Å². The molecular weight excluding hydrogens is 328 g/mol. The van der Waals surface area contributed by atoms with Crippen molar-refractivity contribution in [2.24, 2.45) is 0 Å². The van der Waals surface area contributed by atoms with Gasteiger partial charge >= 0.3 is 0 Å². The lowest BCUT2D eigenvalue weighted by Crippen LogP contribution is -2.51. The molecule has 2 aromatic heterocycles. The van der Waals surface area contributed by atoms with Gasteiger partial charge in [0, 0.05) is 39.2 Å². The number of carbonyl (C=O) groups excluding carboxylic acids is 2. The summed E-state index contributed by atoms with van der Waals surface area (Å²) < 4.78 is 1.20. The minimum absolute atomic E-state index is 0.0173. The average Bonchev–Trinajstić information content (AvgIpc) is 3.11. The Morgan fingerprint density at radius 1 is 1.12 bits per heavy atom. The molecule has 0 spiro atoms. The van der Waals surface area contributed by atoms with Gasteiger partial charge in [0.05, 0.1) is 4.88 Å². The van der Waals surface area contributed by atoms with Crippen LogP contribution < -0.4 is 5.56 Å². The van der Waals surface area contributed by atoms with Gasteiger partial charge in [0.2, 0.25) is 11.8 Å². The second-order valence-corrected chi connectivity index (χ2v) is 6.53. The highest BCUT2D eigenvalue weighted by atomic mass is 32.1. The highest BCUT2D eigenvalue weighted by Gasteiger charge is 2.23. The fourth-order valence-corrected chi connectivity index (χ4v) is 3.31. The number of nitrogens with zero attached hydrogens (tertiary/aromatic N) is 4. The van der Waals surface area contributed by atoms with Crippen LogP contribution in [0.4, 0.5) is 0 Å². The minimum atomic E-state index is -0.300. The maximum Gasteiger partial charge on any atom is 0.267 e. The van der Waals surface area contributed by atoms with Gasteiger partial charge in [0.1, 0.15) is 12.2 Å². The van der Waals surface area contributed by atoms with Crippen LogP contribution in [0.1, 0.15) is 6.92 Å². The Morgan fingerprint density at radius 3 is 2.46 bits per heavy atom. The zero-order chi connectivity index (χ0) is 17.1. The molecule has 0 aromatic carbocycles. The fraction of sp³-hybridized carbons (Fsp3) is 0.375. The zero-order valence-electron chi connectivity index (χ0n) is 13.3. The molecule has 1 saturated heterocycles. The van der Waals surface area contributed by atoms with E-state index < -0.39 is 0 Å². The Labute approximate surface area is 143 Å². The molecule has 0 atom stereocenters. The van der Waals surface area contributed by atoms with E-state index in [0.29, 0.717) is 31.9 Å². The Balaban J connectivity index is 1.70. The second-order valence-electron chi connectivity index (χ2n) is 5.58. The van der Waals surface area contributed by atoms with E-state index >= 15 is 0 Å². The van der Waals surface area contributed by atoms with Crippen molar-refractivity contribution < 1.29 is 9.59 Å². The molecular formula is C16H18N4O3S. The maximum atomic E-state index is 12.4. The molecule has 0 saturated carbocycles. The summed E-state index contributed by atoms with van der Waals surface area (Å²) in [7, 11) is 0. The van der Waals surface area contributed by atoms with E-state index in [1.807, 2.05) is 17.5 Å². The highest BCUT2D eigenvalue weighted by Crippen LogP contribution is 2.21. The van der Waals surface area contributed by atoms with Gasteiger partial charge in [-0.3, -0.25) is 14.4 Å². The van der Waals surface area contributed by atoms with Crippen LogP contribution in [0.2, 0.25) is 0 Å². The smallest absolute Gasteiger partial charge is 0.267 e. The monoisotopic (exact) mass is 346 g/mol. The van der Waals surface area contributed by atoms with Crippen molar-refractivity contribution >= 4 is 23.2 Å². The van der Waals surface area contributed by atoms with Gasteiger partial charge in [-0.15, -0.1) is 11.3 Å². The lowest BCUT2D eigenvalue weighted by Gasteiger charge is -2.34. The van der Waals surface area contributed by atoms with Gasteiger partial charge in [-0.25, -0.2) is 4.68 Å². The first kappa shape index (κ1) is 16.4. The highest BCUT2D eigenvalue weighted by molar-refractivity contribution is 7.13. The van der Waals surface area contributed by atoms with Gasteiger partial charge in [0.15, 0.2) is 0 Å². The zero-order valence-corrected chi connectivity index (χ0v) is 14.2. The van der Waals surface area contributed by atoms with E-state index in [1.165, 1.54) is 29.0 Å². The summed E-state index contributed by atoms with van der Waals surface area (Å²) in [6.07, 6.45) is 0. The summed E-state index contributed by atoms with van der Waals surface area (Å²) in [6, 6.07) is 6.94. The summed E-state index contributed by atoms with van der Waals surface area (Å²) in [6.45, 7) is 3.46. The van der Waals surface area contributed by atoms with Crippen molar-refractivity contribution in [1.82, 2.24) is 19.6 Å². The molecule has 8 heteroatoms. The molecule has 3 heterocycles. The van der Waals surface area contributed by atoms with E-state index in [4.69, 9.17) is 0 Å². The molecule has 1 aliphatic heterocycles. The summed E-state index contributed by atoms with van der Waals surface area (Å²) in [5.41, 5.74) is 0.379. The summed E-state index contributed by atoms with van der Waals surface area (Å²) in [5.74, 6) is -0.139. The van der Waals surface area contributed by atoms with Crippen LogP contribution in [0.3, 0.4) is 0 Å². The Bertz CT molecular complexity index is 792. The van der Waals surface area contributed by atoms with E-state index in [1.54, 1.807) is 15.9 Å². The van der Waals surface area contributed by atoms with Crippen molar-refractivity contribution in [2.45, 2.75) is 13.5 Å². The molecule has 126 valence electrons. The molecule has 1 fully saturated rings. The van der Waals surface area contributed by atoms with Gasteiger partial charge in [-0.05, 0) is 17.5 Å². The third-order valence-corrected chi connectivity index (χ3v) is 4.90. The molecule has 0 aliphatic carbocycles. The Kier molecular flexibility index (Phi) is 4.75. The average molecular weight is 346 g/mol. The third kappa shape index (κ3) is 3.53. The van der Waals surface area contributed by atoms with E-state index in [-0.39, 0.29) is 23.9 Å². The van der Waals surface area contributed by atoms with E-state index in [9.17, 15) is 14.4 Å². The van der Waals surface area contributed by atoms with Crippen LogP contribution >= 0.6 is 11.3 Å². The number of piperazine rings is 1. The van der Waals surface area contributed by atoms with Crippen LogP contribution in [0, 0.1) is 0 Å². The largest absolute Gasteiger partial charge is 0.339 e. The fourth-order valence-electron chi connectivity index (χ4n) is 2.62. The van der Waals surface area contributed by atoms with Crippen LogP contribution in [0.5, 0.6) is 0 Å². The number of carbonyl (C=O) groups is 2. The standard InChI is InChI=1S/C16H18N4O3S/c1-12(21)18-6-8-19(9-7-18)16(23)11-20-15(22)5-4-13(17-20)14-3-2-10-24-14/h2-5,10H,6-9,11H2,1H3. The number of hydrogen-bond donors (Lipinski definition) is 0. The summed E-state index contributed by atoms with van der Waals surface area (Å²) in [4.78, 5) is 40.1. The van der Waals surface area contributed by atoms with Crippen LogP contribution in [0.25, 0.3) is 10.6 Å². The van der Waals surface area contributed by atoms with Crippen LogP contribution in [-0.4, -0.2) is 57.6 Å². The lowest BCUT2D eigenvalue weighted by atomic mass is 10.3. The molecule has 1 aliphatic rings. The summed E-state index contributed by atoms with van der Waals surface area (Å²) in [5, 5.41) is 6.23. The maximum absolute atomic E-state index is 12.4. The molecule has 2 amide bonds. The molecule has 0 bridgehead atoms. The van der Waals surface area contributed by atoms with Gasteiger partial charge in [-0.1, -0.05) is 6.07 Å². The number of hydrogen-bond acceptors (Lipinski definition) is 5. The normalized spacial score (nSPS) is 14.7. The predicted molar refractivity (Wildman–Crippen MR) is 90.6 cm³/mol. The van der Waals surface area contributed by atoms with E-state index in [2.05, 4.69) is 5.10 Å². The molecule has 3 rings (SSSR count). The quantitative estimate of drug-likeness (QED) is 0.818. The van der Waals surface area contributed by atoms with Crippen molar-refractivity contribution in [3.8, 4) is 10.6 Å². The minimum Gasteiger partial charge on any atom is -0.339 e. The number of aromatic nitrogens is 2. The predicted octanol–water partition coefficient (Wildman–Crippen LogP) is 0.662. The Hall–Kier alpha value is -2.48. The van der Waals surface area contributed by atoms with Crippen molar-refractivity contribution in [1.29, 1.82) is 0 Å². The molecule has 0 radical (unpaired) electrons. The molecule has 0 unspecified atom stereocenters. The van der Waals surface area contributed by atoms with Gasteiger partial charge in [-0.2, -0.15) is 5.10 Å². The molecule has 2 aromatic rings. The number of rotatable bonds is 3. The van der Waals surface area contributed by atoms with E-state index in [0.717, 1.165) is 4.88 Å². The second kappa shape index (κ2) is 6.96. The first-order valence-corrected chi connectivity index (χ1v) is 8.58. The van der Waals surface area contributed by atoms with Crippen LogP contribution in [-0.2, 0) is 16.1 Å². The van der Waals surface area contributed by atoms with Crippen molar-refractivity contribution in [3.63, 3.8) is 0 Å². The van der Waals surface area contributed by atoms with Crippen molar-refractivity contribution in [3.05, 3.63) is 40.0 Å². The lowest BCUT2D eigenvalue weighted by molar-refractivity contribution is -0.139. The third-order valence-electron chi connectivity index (χ3n) is 4.00. The van der Waals surface area contributed by atoms with Crippen LogP contribution in [0.15, 0.2) is 34.4 Å².